The van der Waals surface area contributed by atoms with E-state index in [9.17, 15) is 24.6 Å². The van der Waals surface area contributed by atoms with Crippen LogP contribution in [0.2, 0.25) is 0 Å². The van der Waals surface area contributed by atoms with Crippen LogP contribution in [0.3, 0.4) is 0 Å². The van der Waals surface area contributed by atoms with Gasteiger partial charge in [0.1, 0.15) is 0 Å². The zero-order valence-corrected chi connectivity index (χ0v) is 22.7. The van der Waals surface area contributed by atoms with Crippen LogP contribution in [0.25, 0.3) is 0 Å². The van der Waals surface area contributed by atoms with Gasteiger partial charge in [0.15, 0.2) is 0 Å². The Morgan fingerprint density at radius 3 is 1.42 bits per heavy atom. The van der Waals surface area contributed by atoms with Crippen LogP contribution in [0.4, 0.5) is 0 Å². The molecule has 1 rings (SSSR count). The van der Waals surface area contributed by atoms with E-state index in [1.165, 1.54) is 0 Å². The summed E-state index contributed by atoms with van der Waals surface area (Å²) >= 11 is 0. The first-order valence-electron chi connectivity index (χ1n) is 12.9. The highest BCUT2D eigenvalue weighted by Crippen LogP contribution is 2.01. The van der Waals surface area contributed by atoms with Gasteiger partial charge >= 0.3 is 11.9 Å². The van der Waals surface area contributed by atoms with Crippen LogP contribution in [-0.4, -0.2) is 144 Å². The Morgan fingerprint density at radius 2 is 1.08 bits per heavy atom. The summed E-state index contributed by atoms with van der Waals surface area (Å²) in [5.41, 5.74) is 0. The van der Waals surface area contributed by atoms with Crippen LogP contribution in [0.5, 0.6) is 0 Å². The van der Waals surface area contributed by atoms with Crippen LogP contribution in [0.1, 0.15) is 47.0 Å². The zero-order valence-electron chi connectivity index (χ0n) is 22.7. The lowest BCUT2D eigenvalue weighted by Crippen LogP contribution is -2.49. The topological polar surface area (TPSA) is 154 Å². The van der Waals surface area contributed by atoms with Crippen molar-refractivity contribution in [3.63, 3.8) is 0 Å². The Bertz CT molecular complexity index is 595. The molecule has 12 heteroatoms. The molecular formula is C24H49N5O7. The summed E-state index contributed by atoms with van der Waals surface area (Å²) < 4.78 is 0. The van der Waals surface area contributed by atoms with Gasteiger partial charge in [0, 0.05) is 58.9 Å². The van der Waals surface area contributed by atoms with Crippen molar-refractivity contribution >= 4 is 24.3 Å². The van der Waals surface area contributed by atoms with Gasteiger partial charge in [-0.1, -0.05) is 40.5 Å². The predicted molar refractivity (Wildman–Crippen MR) is 139 cm³/mol. The second-order valence-corrected chi connectivity index (χ2v) is 8.21. The molecule has 12 nitrogen and oxygen atoms in total. The molecule has 0 bridgehead atoms. The summed E-state index contributed by atoms with van der Waals surface area (Å²) in [4.78, 5) is 51.2. The number of unbranched alkanes of at least 4 members (excludes halogenated alkanes) is 2. The third kappa shape index (κ3) is 21.0. The van der Waals surface area contributed by atoms with Crippen molar-refractivity contribution in [1.29, 1.82) is 0 Å². The molecule has 212 valence electrons. The molecule has 0 atom stereocenters. The van der Waals surface area contributed by atoms with E-state index in [0.717, 1.165) is 38.9 Å². The monoisotopic (exact) mass is 519 g/mol. The minimum atomic E-state index is -0.908. The number of likely N-dealkylation sites (N-methyl/N-ethyl adjacent to an activating group) is 1. The van der Waals surface area contributed by atoms with Crippen LogP contribution < -0.4 is 5.32 Å². The summed E-state index contributed by atoms with van der Waals surface area (Å²) in [6, 6.07) is 0. The molecule has 0 radical (unpaired) electrons. The SMILES string of the molecule is CC.CCCCCNC(=O)CN1CCN(CC)CCN(CC(=O)O)CCN(CC(=O)O)CC1.O=CO. The molecule has 0 aromatic carbocycles. The maximum Gasteiger partial charge on any atom is 0.317 e. The Kier molecular flexibility index (Phi) is 24.3. The highest BCUT2D eigenvalue weighted by Gasteiger charge is 2.19. The lowest BCUT2D eigenvalue weighted by molar-refractivity contribution is -0.140. The van der Waals surface area contributed by atoms with E-state index in [0.29, 0.717) is 52.4 Å². The minimum absolute atomic E-state index is 0.00339. The summed E-state index contributed by atoms with van der Waals surface area (Å²) in [5, 5.41) is 28.3. The average Bonchev–Trinajstić information content (AvgIpc) is 2.83. The number of carboxylic acid groups (broad SMARTS) is 3. The third-order valence-corrected chi connectivity index (χ3v) is 5.56. The standard InChI is InChI=1S/C21H41N5O5.C2H6.CH2O2/c1-3-5-6-7-22-19(27)16-24-10-8-23(4-2)9-11-25(17-20(28)29)14-15-26(13-12-24)18-21(30)31;1-2;2-1-3/h3-18H2,1-2H3,(H,22,27)(H,28,29)(H,30,31);1-2H3;1H,(H,2,3). The van der Waals surface area contributed by atoms with E-state index in [-0.39, 0.29) is 25.5 Å². The Morgan fingerprint density at radius 1 is 0.722 bits per heavy atom. The molecule has 1 heterocycles. The van der Waals surface area contributed by atoms with Gasteiger partial charge in [-0.15, -0.1) is 0 Å². The van der Waals surface area contributed by atoms with Crippen LogP contribution in [0, 0.1) is 0 Å². The number of carbonyl (C=O) groups excluding carboxylic acids is 1. The van der Waals surface area contributed by atoms with E-state index in [4.69, 9.17) is 9.90 Å². The maximum absolute atomic E-state index is 12.4. The number of nitrogens with one attached hydrogen (secondary N) is 1. The van der Waals surface area contributed by atoms with Crippen LogP contribution in [0.15, 0.2) is 0 Å². The molecule has 0 aromatic heterocycles. The quantitative estimate of drug-likeness (QED) is 0.222. The molecular weight excluding hydrogens is 470 g/mol. The van der Waals surface area contributed by atoms with Crippen LogP contribution in [-0.2, 0) is 19.2 Å². The smallest absolute Gasteiger partial charge is 0.317 e. The van der Waals surface area contributed by atoms with Gasteiger partial charge in [-0.05, 0) is 13.0 Å². The number of aliphatic carboxylic acids is 2. The molecule has 36 heavy (non-hydrogen) atoms. The summed E-state index contributed by atoms with van der Waals surface area (Å²) in [5.74, 6) is -1.78. The number of hydrogen-bond donors (Lipinski definition) is 4. The van der Waals surface area contributed by atoms with Crippen molar-refractivity contribution in [2.75, 3.05) is 85.1 Å². The van der Waals surface area contributed by atoms with Crippen molar-refractivity contribution in [1.82, 2.24) is 24.9 Å². The highest BCUT2D eigenvalue weighted by atomic mass is 16.4. The molecule has 0 aromatic rings. The van der Waals surface area contributed by atoms with Gasteiger partial charge in [-0.2, -0.15) is 0 Å². The van der Waals surface area contributed by atoms with E-state index in [1.54, 1.807) is 0 Å². The summed E-state index contributed by atoms with van der Waals surface area (Å²) in [6.07, 6.45) is 3.18. The number of carboxylic acids is 2. The number of rotatable bonds is 11. The molecule has 0 spiro atoms. The van der Waals surface area contributed by atoms with Gasteiger partial charge in [0.05, 0.1) is 19.6 Å². The molecule has 1 amide bonds. The maximum atomic E-state index is 12.4. The lowest BCUT2D eigenvalue weighted by Gasteiger charge is -2.33. The van der Waals surface area contributed by atoms with Gasteiger partial charge in [0.25, 0.3) is 6.47 Å². The van der Waals surface area contributed by atoms with E-state index in [1.807, 2.05) is 23.6 Å². The van der Waals surface area contributed by atoms with Crippen molar-refractivity contribution in [3.8, 4) is 0 Å². The first-order chi connectivity index (χ1) is 17.2. The minimum Gasteiger partial charge on any atom is -0.483 e. The second kappa shape index (κ2) is 24.4. The molecule has 0 aliphatic carbocycles. The van der Waals surface area contributed by atoms with Gasteiger partial charge in [-0.3, -0.25) is 33.9 Å². The third-order valence-electron chi connectivity index (χ3n) is 5.56. The molecule has 0 unspecified atom stereocenters. The van der Waals surface area contributed by atoms with E-state index >= 15 is 0 Å². The van der Waals surface area contributed by atoms with Crippen molar-refractivity contribution < 1.29 is 34.5 Å². The van der Waals surface area contributed by atoms with E-state index < -0.39 is 11.9 Å². The number of nitrogens with zero attached hydrogens (tertiary/aromatic N) is 4. The fourth-order valence-electron chi connectivity index (χ4n) is 3.61. The second-order valence-electron chi connectivity index (χ2n) is 8.21. The van der Waals surface area contributed by atoms with Crippen molar-refractivity contribution in [2.24, 2.45) is 0 Å². The fourth-order valence-corrected chi connectivity index (χ4v) is 3.61. The first kappa shape index (κ1) is 35.9. The largest absolute Gasteiger partial charge is 0.483 e. The Balaban J connectivity index is 0. The predicted octanol–water partition coefficient (Wildman–Crippen LogP) is 0.431. The van der Waals surface area contributed by atoms with Crippen molar-refractivity contribution in [2.45, 2.75) is 47.0 Å². The van der Waals surface area contributed by atoms with Crippen LogP contribution >= 0.6 is 0 Å². The molecule has 0 saturated carbocycles. The Hall–Kier alpha value is -2.28. The lowest BCUT2D eigenvalue weighted by atomic mass is 10.2. The van der Waals surface area contributed by atoms with Gasteiger partial charge in [-0.25, -0.2) is 0 Å². The highest BCUT2D eigenvalue weighted by molar-refractivity contribution is 5.78. The summed E-state index contributed by atoms with van der Waals surface area (Å²) in [7, 11) is 0. The molecule has 1 fully saturated rings. The average molecular weight is 520 g/mol. The van der Waals surface area contributed by atoms with E-state index in [2.05, 4.69) is 29.0 Å². The number of hydrogen-bond acceptors (Lipinski definition) is 8. The zero-order chi connectivity index (χ0) is 27.8. The first-order valence-corrected chi connectivity index (χ1v) is 12.9. The number of carbonyl (C=O) groups is 4. The normalized spacial score (nSPS) is 16.7. The summed E-state index contributed by atoms with van der Waals surface area (Å²) in [6.45, 7) is 14.5. The molecule has 1 saturated heterocycles. The fraction of sp³-hybridized carbons (Fsp3) is 0.833. The Labute approximate surface area is 216 Å². The molecule has 4 N–H and O–H groups in total. The van der Waals surface area contributed by atoms with Gasteiger partial charge in [0.2, 0.25) is 5.91 Å². The van der Waals surface area contributed by atoms with Gasteiger partial charge < -0.3 is 25.5 Å². The van der Waals surface area contributed by atoms with Crippen molar-refractivity contribution in [3.05, 3.63) is 0 Å². The molecule has 1 aliphatic rings. The molecule has 1 aliphatic heterocycles. The number of amides is 1.